The fourth-order valence-electron chi connectivity index (χ4n) is 5.79. The number of carbonyl (C=O) groups is 2. The van der Waals surface area contributed by atoms with Crippen molar-refractivity contribution in [2.45, 2.75) is 55.6 Å². The van der Waals surface area contributed by atoms with E-state index < -0.39 is 0 Å². The lowest BCUT2D eigenvalue weighted by molar-refractivity contribution is -0.117. The maximum absolute atomic E-state index is 13.4. The minimum Gasteiger partial charge on any atom is -0.457 e. The lowest BCUT2D eigenvalue weighted by atomic mass is 9.86. The maximum Gasteiger partial charge on any atom is 0.326 e. The molecule has 36 heavy (non-hydrogen) atoms. The molecule has 3 amide bonds. The third-order valence-electron chi connectivity index (χ3n) is 7.58. The number of para-hydroxylation sites is 1. The number of rotatable bonds is 5. The highest BCUT2D eigenvalue weighted by molar-refractivity contribution is 8.04. The minimum absolute atomic E-state index is 0.0151. The second kappa shape index (κ2) is 9.80. The van der Waals surface area contributed by atoms with Crippen molar-refractivity contribution in [3.05, 3.63) is 65.2 Å². The summed E-state index contributed by atoms with van der Waals surface area (Å²) in [7, 11) is 0. The topological polar surface area (TPSA) is 109 Å². The molecule has 5 atom stereocenters. The molecule has 3 unspecified atom stereocenters. The predicted octanol–water partition coefficient (Wildman–Crippen LogP) is 3.66. The smallest absolute Gasteiger partial charge is 0.326 e. The fraction of sp³-hybridized carbons (Fsp3) is 0.407. The maximum atomic E-state index is 13.4. The van der Waals surface area contributed by atoms with Gasteiger partial charge in [0, 0.05) is 29.4 Å². The Morgan fingerprint density at radius 3 is 2.56 bits per heavy atom. The number of nitrogens with zero attached hydrogens (tertiary/aromatic N) is 1. The van der Waals surface area contributed by atoms with Gasteiger partial charge in [-0.05, 0) is 62.2 Å². The van der Waals surface area contributed by atoms with E-state index in [0.29, 0.717) is 10.7 Å². The van der Waals surface area contributed by atoms with Crippen molar-refractivity contribution in [2.24, 2.45) is 11.7 Å². The van der Waals surface area contributed by atoms with Gasteiger partial charge in [0.2, 0.25) is 0 Å². The predicted molar refractivity (Wildman–Crippen MR) is 141 cm³/mol. The molecule has 4 aliphatic rings. The normalized spacial score (nSPS) is 29.4. The van der Waals surface area contributed by atoms with E-state index in [1.54, 1.807) is 0 Å². The van der Waals surface area contributed by atoms with Crippen LogP contribution in [-0.2, 0) is 4.79 Å². The number of hydrogen-bond donors (Lipinski definition) is 4. The van der Waals surface area contributed by atoms with Gasteiger partial charge in [-0.25, -0.2) is 4.79 Å². The van der Waals surface area contributed by atoms with Crippen LogP contribution in [-0.4, -0.2) is 42.0 Å². The van der Waals surface area contributed by atoms with E-state index >= 15 is 0 Å². The van der Waals surface area contributed by atoms with E-state index in [-0.39, 0.29) is 41.4 Å². The molecule has 0 aromatic heterocycles. The van der Waals surface area contributed by atoms with Gasteiger partial charge in [0.15, 0.2) is 0 Å². The molecule has 0 bridgehead atoms. The average molecular weight is 506 g/mol. The molecule has 3 aliphatic heterocycles. The standard InChI is InChI=1S/C27H31N5O3S/c28-19-8-4-5-9-20(19)30-25(33)24-23-22-21(14-15-29-26(22)36-24)32(27(34)31-23)16-10-12-18(13-11-16)35-17-6-2-1-3-7-17/h1-3,6-7,10-13,19-22,26,29H,4-5,8-9,14-15,28H2,(H,30,33)(H,31,34)/t19-,20+,21?,22?,26?/m0/s1. The number of nitrogens with two attached hydrogens (primary N) is 1. The first kappa shape index (κ1) is 23.4. The van der Waals surface area contributed by atoms with Crippen LogP contribution in [0.15, 0.2) is 65.2 Å². The van der Waals surface area contributed by atoms with Gasteiger partial charge >= 0.3 is 6.03 Å². The van der Waals surface area contributed by atoms with Crippen LogP contribution < -0.4 is 31.3 Å². The minimum atomic E-state index is -0.203. The number of hydrogen-bond acceptors (Lipinski definition) is 6. The Morgan fingerprint density at radius 2 is 1.78 bits per heavy atom. The van der Waals surface area contributed by atoms with Gasteiger partial charge in [-0.3, -0.25) is 9.69 Å². The summed E-state index contributed by atoms with van der Waals surface area (Å²) in [6, 6.07) is 17.0. The molecule has 0 spiro atoms. The third-order valence-corrected chi connectivity index (χ3v) is 8.93. The summed E-state index contributed by atoms with van der Waals surface area (Å²) in [6.07, 6.45) is 4.83. The Morgan fingerprint density at radius 1 is 1.03 bits per heavy atom. The fourth-order valence-corrected chi connectivity index (χ4v) is 7.19. The molecule has 9 heteroatoms. The molecule has 3 heterocycles. The summed E-state index contributed by atoms with van der Waals surface area (Å²) in [6.45, 7) is 0.785. The third kappa shape index (κ3) is 4.36. The molecule has 188 valence electrons. The highest BCUT2D eigenvalue weighted by Gasteiger charge is 2.51. The van der Waals surface area contributed by atoms with Crippen LogP contribution in [0.2, 0.25) is 0 Å². The molecule has 2 saturated heterocycles. The molecular formula is C27H31N5O3S. The van der Waals surface area contributed by atoms with Gasteiger partial charge in [0.05, 0.1) is 16.3 Å². The summed E-state index contributed by atoms with van der Waals surface area (Å²) in [4.78, 5) is 29.1. The lowest BCUT2D eigenvalue weighted by Gasteiger charge is -2.45. The van der Waals surface area contributed by atoms with Crippen LogP contribution in [0, 0.1) is 5.92 Å². The van der Waals surface area contributed by atoms with Crippen LogP contribution in [0.4, 0.5) is 10.5 Å². The molecule has 2 aromatic rings. The average Bonchev–Trinajstić information content (AvgIpc) is 3.26. The molecule has 2 aromatic carbocycles. The molecule has 6 rings (SSSR count). The first-order valence-corrected chi connectivity index (χ1v) is 13.6. The van der Waals surface area contributed by atoms with Crippen LogP contribution in [0.25, 0.3) is 0 Å². The van der Waals surface area contributed by atoms with Gasteiger partial charge in [-0.2, -0.15) is 0 Å². The Kier molecular flexibility index (Phi) is 6.37. The molecular weight excluding hydrogens is 474 g/mol. The molecule has 8 nitrogen and oxygen atoms in total. The van der Waals surface area contributed by atoms with Crippen LogP contribution in [0.3, 0.4) is 0 Å². The Balaban J connectivity index is 1.22. The van der Waals surface area contributed by atoms with E-state index in [2.05, 4.69) is 16.0 Å². The number of carbonyl (C=O) groups excluding carboxylic acids is 2. The summed E-state index contributed by atoms with van der Waals surface area (Å²) in [5.41, 5.74) is 7.82. The monoisotopic (exact) mass is 505 g/mol. The zero-order chi connectivity index (χ0) is 24.6. The second-order valence-corrected chi connectivity index (χ2v) is 11.0. The summed E-state index contributed by atoms with van der Waals surface area (Å²) in [5, 5.41) is 9.82. The van der Waals surface area contributed by atoms with E-state index in [1.165, 1.54) is 11.8 Å². The van der Waals surface area contributed by atoms with Crippen molar-refractivity contribution < 1.29 is 14.3 Å². The van der Waals surface area contributed by atoms with Crippen molar-refractivity contribution in [2.75, 3.05) is 11.4 Å². The number of benzene rings is 2. The molecule has 3 fully saturated rings. The SMILES string of the molecule is N[C@H]1CCCC[C@H]1NC(=O)C1=C2NC(=O)N(c3ccc(Oc4ccccc4)cc3)C3CCNC(S1)C23. The first-order chi connectivity index (χ1) is 17.6. The number of nitrogens with one attached hydrogen (secondary N) is 3. The van der Waals surface area contributed by atoms with E-state index in [1.807, 2.05) is 59.5 Å². The number of piperidine rings is 1. The van der Waals surface area contributed by atoms with E-state index in [0.717, 1.165) is 55.8 Å². The number of amides is 3. The number of ether oxygens (including phenoxy) is 1. The zero-order valence-electron chi connectivity index (χ0n) is 20.0. The first-order valence-electron chi connectivity index (χ1n) is 12.7. The van der Waals surface area contributed by atoms with Crippen molar-refractivity contribution in [3.63, 3.8) is 0 Å². The summed E-state index contributed by atoms with van der Waals surface area (Å²) in [5.74, 6) is 1.37. The second-order valence-electron chi connectivity index (χ2n) is 9.85. The lowest BCUT2D eigenvalue weighted by Crippen LogP contribution is -2.62. The van der Waals surface area contributed by atoms with Crippen LogP contribution >= 0.6 is 11.8 Å². The highest BCUT2D eigenvalue weighted by Crippen LogP contribution is 2.48. The van der Waals surface area contributed by atoms with Crippen molar-refractivity contribution in [1.82, 2.24) is 16.0 Å². The van der Waals surface area contributed by atoms with E-state index in [9.17, 15) is 9.59 Å². The van der Waals surface area contributed by atoms with Crippen LogP contribution in [0.1, 0.15) is 32.1 Å². The van der Waals surface area contributed by atoms with Crippen molar-refractivity contribution in [3.8, 4) is 11.5 Å². The number of thioether (sulfide) groups is 1. The molecule has 1 aliphatic carbocycles. The Bertz CT molecular complexity index is 1170. The highest BCUT2D eigenvalue weighted by atomic mass is 32.2. The van der Waals surface area contributed by atoms with Crippen LogP contribution in [0.5, 0.6) is 11.5 Å². The van der Waals surface area contributed by atoms with E-state index in [4.69, 9.17) is 10.5 Å². The van der Waals surface area contributed by atoms with Crippen molar-refractivity contribution in [1.29, 1.82) is 0 Å². The Labute approximate surface area is 215 Å². The zero-order valence-corrected chi connectivity index (χ0v) is 20.8. The molecule has 1 saturated carbocycles. The summed E-state index contributed by atoms with van der Waals surface area (Å²) < 4.78 is 5.92. The van der Waals surface area contributed by atoms with Gasteiger partial charge in [-0.15, -0.1) is 0 Å². The van der Waals surface area contributed by atoms with Gasteiger partial charge in [0.25, 0.3) is 5.91 Å². The van der Waals surface area contributed by atoms with Crippen molar-refractivity contribution >= 4 is 29.4 Å². The number of urea groups is 1. The van der Waals surface area contributed by atoms with Gasteiger partial charge in [0.1, 0.15) is 11.5 Å². The van der Waals surface area contributed by atoms with Gasteiger partial charge < -0.3 is 26.4 Å². The Hall–Kier alpha value is -3.01. The summed E-state index contributed by atoms with van der Waals surface area (Å²) >= 11 is 1.53. The molecule has 0 radical (unpaired) electrons. The largest absolute Gasteiger partial charge is 0.457 e. The quantitative estimate of drug-likeness (QED) is 0.494. The molecule has 5 N–H and O–H groups in total. The van der Waals surface area contributed by atoms with Gasteiger partial charge in [-0.1, -0.05) is 42.8 Å². The number of anilines is 1.